The van der Waals surface area contributed by atoms with E-state index in [0.717, 1.165) is 41.8 Å². The van der Waals surface area contributed by atoms with Gasteiger partial charge in [0.1, 0.15) is 5.76 Å². The fourth-order valence-electron chi connectivity index (χ4n) is 2.12. The van der Waals surface area contributed by atoms with Crippen LogP contribution in [-0.2, 0) is 13.0 Å². The first-order chi connectivity index (χ1) is 10.2. The normalized spacial score (nSPS) is 11.0. The van der Waals surface area contributed by atoms with Gasteiger partial charge in [-0.3, -0.25) is 4.99 Å². The number of guanidine groups is 1. The number of hydrogen-bond donors (Lipinski definition) is 1. The van der Waals surface area contributed by atoms with Crippen molar-refractivity contribution in [3.63, 3.8) is 0 Å². The third-order valence-corrected chi connectivity index (χ3v) is 3.35. The van der Waals surface area contributed by atoms with Crippen molar-refractivity contribution in [3.8, 4) is 0 Å². The van der Waals surface area contributed by atoms with E-state index in [2.05, 4.69) is 21.3 Å². The Balaban J connectivity index is 0.00000242. The summed E-state index contributed by atoms with van der Waals surface area (Å²) in [7, 11) is 3.78. The lowest BCUT2D eigenvalue weighted by molar-refractivity contribution is 0.470. The maximum atomic E-state index is 6.01. The molecule has 2 rings (SSSR count). The van der Waals surface area contributed by atoms with Crippen LogP contribution in [0.4, 0.5) is 0 Å². The van der Waals surface area contributed by atoms with E-state index < -0.39 is 0 Å². The van der Waals surface area contributed by atoms with Crippen LogP contribution in [0, 0.1) is 0 Å². The molecule has 0 fully saturated rings. The highest BCUT2D eigenvalue weighted by Gasteiger charge is 2.07. The molecule has 0 spiro atoms. The summed E-state index contributed by atoms with van der Waals surface area (Å²) in [5.41, 5.74) is 1.15. The van der Waals surface area contributed by atoms with Crippen LogP contribution in [-0.4, -0.2) is 31.5 Å². The van der Waals surface area contributed by atoms with Crippen molar-refractivity contribution in [2.24, 2.45) is 4.99 Å². The molecule has 1 aromatic carbocycles. The van der Waals surface area contributed by atoms with Crippen molar-refractivity contribution in [2.45, 2.75) is 13.0 Å². The van der Waals surface area contributed by atoms with Crippen molar-refractivity contribution in [1.82, 2.24) is 10.2 Å². The summed E-state index contributed by atoms with van der Waals surface area (Å²) in [6.45, 7) is 1.53. The first-order valence-electron chi connectivity index (χ1n) is 6.87. The number of benzene rings is 1. The first-order valence-corrected chi connectivity index (χ1v) is 7.25. The zero-order valence-electron chi connectivity index (χ0n) is 12.8. The van der Waals surface area contributed by atoms with Gasteiger partial charge in [0, 0.05) is 38.6 Å². The molecule has 6 heteroatoms. The van der Waals surface area contributed by atoms with Crippen molar-refractivity contribution >= 4 is 41.5 Å². The van der Waals surface area contributed by atoms with Gasteiger partial charge in [0.15, 0.2) is 5.96 Å². The summed E-state index contributed by atoms with van der Waals surface area (Å²) in [5.74, 6) is 1.82. The molecule has 0 saturated carbocycles. The molecule has 1 heterocycles. The highest BCUT2D eigenvalue weighted by Crippen LogP contribution is 2.12. The SMILES string of the molecule is CN=C(NCCc1ccco1)N(C)Cc1cccc(Cl)c1.I. The molecule has 0 saturated heterocycles. The minimum absolute atomic E-state index is 0. The molecule has 1 N–H and O–H groups in total. The van der Waals surface area contributed by atoms with Gasteiger partial charge in [0.05, 0.1) is 6.26 Å². The quantitative estimate of drug-likeness (QED) is 0.443. The van der Waals surface area contributed by atoms with Gasteiger partial charge in [-0.2, -0.15) is 0 Å². The van der Waals surface area contributed by atoms with Gasteiger partial charge in [0.25, 0.3) is 0 Å². The van der Waals surface area contributed by atoms with E-state index in [9.17, 15) is 0 Å². The van der Waals surface area contributed by atoms with Gasteiger partial charge < -0.3 is 14.6 Å². The van der Waals surface area contributed by atoms with Crippen LogP contribution in [0.2, 0.25) is 5.02 Å². The molecular weight excluding hydrogens is 413 g/mol. The van der Waals surface area contributed by atoms with Gasteiger partial charge in [-0.25, -0.2) is 0 Å². The predicted octanol–water partition coefficient (Wildman–Crippen LogP) is 3.80. The molecule has 120 valence electrons. The third-order valence-electron chi connectivity index (χ3n) is 3.12. The monoisotopic (exact) mass is 433 g/mol. The van der Waals surface area contributed by atoms with E-state index in [4.69, 9.17) is 16.0 Å². The van der Waals surface area contributed by atoms with Gasteiger partial charge in [-0.1, -0.05) is 23.7 Å². The summed E-state index contributed by atoms with van der Waals surface area (Å²) in [4.78, 5) is 6.36. The van der Waals surface area contributed by atoms with Crippen LogP contribution in [0.1, 0.15) is 11.3 Å². The molecule has 2 aromatic rings. The van der Waals surface area contributed by atoms with E-state index >= 15 is 0 Å². The van der Waals surface area contributed by atoms with Crippen molar-refractivity contribution < 1.29 is 4.42 Å². The van der Waals surface area contributed by atoms with E-state index in [0.29, 0.717) is 0 Å². The highest BCUT2D eigenvalue weighted by molar-refractivity contribution is 14.0. The van der Waals surface area contributed by atoms with E-state index in [1.54, 1.807) is 13.3 Å². The Hall–Kier alpha value is -1.21. The van der Waals surface area contributed by atoms with E-state index in [-0.39, 0.29) is 24.0 Å². The minimum Gasteiger partial charge on any atom is -0.469 e. The summed E-state index contributed by atoms with van der Waals surface area (Å²) in [6, 6.07) is 11.7. The molecule has 0 aliphatic heterocycles. The second kappa shape index (κ2) is 9.74. The van der Waals surface area contributed by atoms with Crippen molar-refractivity contribution in [1.29, 1.82) is 0 Å². The lowest BCUT2D eigenvalue weighted by Crippen LogP contribution is -2.39. The van der Waals surface area contributed by atoms with Gasteiger partial charge >= 0.3 is 0 Å². The Morgan fingerprint density at radius 3 is 2.77 bits per heavy atom. The lowest BCUT2D eigenvalue weighted by Gasteiger charge is -2.22. The number of rotatable bonds is 5. The Morgan fingerprint density at radius 2 is 2.14 bits per heavy atom. The molecule has 0 unspecified atom stereocenters. The lowest BCUT2D eigenvalue weighted by atomic mass is 10.2. The Labute approximate surface area is 153 Å². The summed E-state index contributed by atoms with van der Waals surface area (Å²) in [5, 5.41) is 4.08. The molecule has 0 amide bonds. The molecule has 4 nitrogen and oxygen atoms in total. The van der Waals surface area contributed by atoms with Crippen LogP contribution in [0.15, 0.2) is 52.1 Å². The second-order valence-corrected chi connectivity index (χ2v) is 5.23. The summed E-state index contributed by atoms with van der Waals surface area (Å²) < 4.78 is 5.31. The fraction of sp³-hybridized carbons (Fsp3) is 0.312. The maximum absolute atomic E-state index is 6.01. The van der Waals surface area contributed by atoms with E-state index in [1.807, 2.05) is 37.4 Å². The molecule has 1 aromatic heterocycles. The van der Waals surface area contributed by atoms with Gasteiger partial charge in [-0.15, -0.1) is 24.0 Å². The third kappa shape index (κ3) is 5.88. The van der Waals surface area contributed by atoms with Crippen molar-refractivity contribution in [2.75, 3.05) is 20.6 Å². The Kier molecular flexibility index (Phi) is 8.34. The smallest absolute Gasteiger partial charge is 0.193 e. The number of nitrogens with one attached hydrogen (secondary N) is 1. The predicted molar refractivity (Wildman–Crippen MR) is 102 cm³/mol. The molecule has 0 aliphatic rings. The standard InChI is InChI=1S/C16H20ClN3O.HI/c1-18-16(19-9-8-15-7-4-10-21-15)20(2)12-13-5-3-6-14(17)11-13;/h3-7,10-11H,8-9,12H2,1-2H3,(H,18,19);1H. The number of nitrogens with zero attached hydrogens (tertiary/aromatic N) is 2. The zero-order chi connectivity index (χ0) is 15.1. The van der Waals surface area contributed by atoms with Crippen LogP contribution in [0.25, 0.3) is 0 Å². The summed E-state index contributed by atoms with van der Waals surface area (Å²) >= 11 is 6.01. The van der Waals surface area contributed by atoms with Gasteiger partial charge in [-0.05, 0) is 29.8 Å². The first kappa shape index (κ1) is 18.8. The number of furan rings is 1. The molecule has 0 atom stereocenters. The van der Waals surface area contributed by atoms with Crippen LogP contribution in [0.5, 0.6) is 0 Å². The molecule has 0 aliphatic carbocycles. The fourth-order valence-corrected chi connectivity index (χ4v) is 2.33. The zero-order valence-corrected chi connectivity index (χ0v) is 15.8. The molecule has 0 bridgehead atoms. The van der Waals surface area contributed by atoms with E-state index in [1.165, 1.54) is 0 Å². The Bertz CT molecular complexity index is 587. The van der Waals surface area contributed by atoms with Crippen LogP contribution >= 0.6 is 35.6 Å². The largest absolute Gasteiger partial charge is 0.469 e. The number of hydrogen-bond acceptors (Lipinski definition) is 2. The van der Waals surface area contributed by atoms with Crippen LogP contribution in [0.3, 0.4) is 0 Å². The number of aliphatic imine (C=N–C) groups is 1. The topological polar surface area (TPSA) is 40.8 Å². The highest BCUT2D eigenvalue weighted by atomic mass is 127. The number of halogens is 2. The molecular formula is C16H21ClIN3O. The minimum atomic E-state index is 0. The van der Waals surface area contributed by atoms with Gasteiger partial charge in [0.2, 0.25) is 0 Å². The summed E-state index contributed by atoms with van der Waals surface area (Å²) in [6.07, 6.45) is 2.52. The average molecular weight is 434 g/mol. The molecule has 0 radical (unpaired) electrons. The Morgan fingerprint density at radius 1 is 1.32 bits per heavy atom. The van der Waals surface area contributed by atoms with Crippen LogP contribution < -0.4 is 5.32 Å². The molecule has 22 heavy (non-hydrogen) atoms. The van der Waals surface area contributed by atoms with Crippen molar-refractivity contribution in [3.05, 3.63) is 59.0 Å². The second-order valence-electron chi connectivity index (χ2n) is 4.79. The average Bonchev–Trinajstić information content (AvgIpc) is 2.96. The maximum Gasteiger partial charge on any atom is 0.193 e.